The monoisotopic (exact) mass is 591 g/mol. The molecule has 5 nitrogen and oxygen atoms in total. The van der Waals surface area contributed by atoms with Crippen LogP contribution in [0.5, 0.6) is 0 Å². The average Bonchev–Trinajstić information content (AvgIpc) is 2.50. The van der Waals surface area contributed by atoms with Gasteiger partial charge in [0.15, 0.2) is 21.9 Å². The second kappa shape index (κ2) is 9.77. The Kier molecular flexibility index (Phi) is 8.92. The third kappa shape index (κ3) is 5.37. The number of aromatic nitrogens is 2. The third-order valence-electron chi connectivity index (χ3n) is 2.43. The van der Waals surface area contributed by atoms with Crippen molar-refractivity contribution in [3.63, 3.8) is 0 Å². The van der Waals surface area contributed by atoms with Crippen molar-refractivity contribution < 1.29 is 18.4 Å². The first-order chi connectivity index (χ1) is 11.9. The molecule has 140 valence electrons. The van der Waals surface area contributed by atoms with Crippen LogP contribution >= 0.6 is 89.9 Å². The zero-order valence-corrected chi connectivity index (χ0v) is 18.6. The van der Waals surface area contributed by atoms with Crippen LogP contribution in [0.25, 0.3) is 0 Å². The van der Waals surface area contributed by atoms with E-state index < -0.39 is 33.1 Å². The lowest BCUT2D eigenvalue weighted by Crippen LogP contribution is -2.14. The van der Waals surface area contributed by atoms with Gasteiger partial charge in [-0.25, -0.2) is 18.7 Å². The van der Waals surface area contributed by atoms with E-state index in [1.54, 1.807) is 0 Å². The first kappa shape index (κ1) is 23.7. The average molecular weight is 595 g/mol. The minimum Gasteiger partial charge on any atom is -0.365 e. The zero-order chi connectivity index (χ0) is 20.3. The van der Waals surface area contributed by atoms with Crippen molar-refractivity contribution in [1.82, 2.24) is 9.97 Å². The molecular formula is C12H2Br2Cl5F2N3O2. The van der Waals surface area contributed by atoms with Crippen LogP contribution in [0.2, 0.25) is 20.6 Å². The maximum atomic E-state index is 13.0. The highest BCUT2D eigenvalue weighted by molar-refractivity contribution is 9.10. The molecule has 2 heterocycles. The molecule has 0 saturated carbocycles. The van der Waals surface area contributed by atoms with Crippen LogP contribution in [0.1, 0.15) is 20.7 Å². The maximum absolute atomic E-state index is 13.0. The van der Waals surface area contributed by atoms with Gasteiger partial charge in [0.05, 0.1) is 20.1 Å². The Morgan fingerprint density at radius 1 is 0.808 bits per heavy atom. The number of rotatable bonds is 2. The highest BCUT2D eigenvalue weighted by atomic mass is 79.9. The number of hydrogen-bond donors (Lipinski definition) is 1. The molecule has 26 heavy (non-hydrogen) atoms. The Morgan fingerprint density at radius 2 is 1.15 bits per heavy atom. The molecule has 2 aromatic heterocycles. The summed E-state index contributed by atoms with van der Waals surface area (Å²) in [5.41, 5.74) is 4.48. The van der Waals surface area contributed by atoms with E-state index in [1.807, 2.05) is 0 Å². The Balaban J connectivity index is 0.000000260. The van der Waals surface area contributed by atoms with Crippen molar-refractivity contribution in [2.75, 3.05) is 0 Å². The van der Waals surface area contributed by atoms with Gasteiger partial charge in [0.2, 0.25) is 0 Å². The van der Waals surface area contributed by atoms with E-state index >= 15 is 0 Å². The Bertz CT molecular complexity index is 844. The topological polar surface area (TPSA) is 85.9 Å². The summed E-state index contributed by atoms with van der Waals surface area (Å²) in [6, 6.07) is 0. The largest absolute Gasteiger partial charge is 0.365 e. The van der Waals surface area contributed by atoms with Gasteiger partial charge in [-0.2, -0.15) is 0 Å². The molecule has 2 N–H and O–H groups in total. The summed E-state index contributed by atoms with van der Waals surface area (Å²) in [7, 11) is 0. The standard InChI is InChI=1S/C6BrCl3FNO.C6H2BrCl2FN2O/c7-2-1(6(10)13)4(8)12-5(9)3(2)11;7-2-1(6(11)13)4(8)12-5(9)3(2)10/h;(H2,11,13). The summed E-state index contributed by atoms with van der Waals surface area (Å²) in [6.07, 6.45) is 0. The zero-order valence-electron chi connectivity index (χ0n) is 11.7. The van der Waals surface area contributed by atoms with Crippen molar-refractivity contribution in [3.05, 3.63) is 52.3 Å². The molecule has 0 spiro atoms. The van der Waals surface area contributed by atoms with Crippen LogP contribution in [-0.4, -0.2) is 21.1 Å². The lowest BCUT2D eigenvalue weighted by molar-refractivity contribution is 0.0998. The molecule has 0 saturated heterocycles. The van der Waals surface area contributed by atoms with E-state index in [0.29, 0.717) is 0 Å². The molecule has 2 rings (SSSR count). The predicted molar refractivity (Wildman–Crippen MR) is 103 cm³/mol. The highest BCUT2D eigenvalue weighted by Gasteiger charge is 2.21. The highest BCUT2D eigenvalue weighted by Crippen LogP contribution is 2.31. The van der Waals surface area contributed by atoms with Crippen molar-refractivity contribution in [1.29, 1.82) is 0 Å². The van der Waals surface area contributed by atoms with Gasteiger partial charge in [0.25, 0.3) is 11.1 Å². The van der Waals surface area contributed by atoms with Crippen molar-refractivity contribution >= 4 is 101 Å². The number of halogens is 9. The number of amides is 1. The lowest BCUT2D eigenvalue weighted by atomic mass is 10.3. The van der Waals surface area contributed by atoms with E-state index in [2.05, 4.69) is 41.8 Å². The fourth-order valence-electron chi connectivity index (χ4n) is 1.34. The molecule has 0 unspecified atom stereocenters. The van der Waals surface area contributed by atoms with Gasteiger partial charge in [-0.15, -0.1) is 0 Å². The summed E-state index contributed by atoms with van der Waals surface area (Å²) in [5.74, 6) is -2.60. The number of primary amides is 1. The first-order valence-electron chi connectivity index (χ1n) is 5.79. The molecular weight excluding hydrogens is 593 g/mol. The lowest BCUT2D eigenvalue weighted by Gasteiger charge is -2.04. The van der Waals surface area contributed by atoms with E-state index in [0.717, 1.165) is 0 Å². The number of carbonyl (C=O) groups is 2. The Labute approximate surface area is 186 Å². The van der Waals surface area contributed by atoms with E-state index in [9.17, 15) is 18.4 Å². The fourth-order valence-corrected chi connectivity index (χ4v) is 4.25. The number of nitrogens with zero attached hydrogens (tertiary/aromatic N) is 2. The molecule has 2 aromatic rings. The summed E-state index contributed by atoms with van der Waals surface area (Å²) < 4.78 is 25.7. The summed E-state index contributed by atoms with van der Waals surface area (Å²) in [6.45, 7) is 0. The maximum Gasteiger partial charge on any atom is 0.256 e. The fraction of sp³-hybridized carbons (Fsp3) is 0. The smallest absolute Gasteiger partial charge is 0.256 e. The molecule has 0 aliphatic carbocycles. The molecule has 0 aromatic carbocycles. The number of carbonyl (C=O) groups excluding carboxylic acids is 2. The van der Waals surface area contributed by atoms with E-state index in [1.165, 1.54) is 0 Å². The van der Waals surface area contributed by atoms with Crippen LogP contribution in [-0.2, 0) is 0 Å². The van der Waals surface area contributed by atoms with Gasteiger partial charge in [0, 0.05) is 0 Å². The van der Waals surface area contributed by atoms with Gasteiger partial charge in [-0.1, -0.05) is 46.4 Å². The van der Waals surface area contributed by atoms with Crippen LogP contribution in [0.15, 0.2) is 8.95 Å². The van der Waals surface area contributed by atoms with Crippen LogP contribution in [0, 0.1) is 11.6 Å². The number of hydrogen-bond acceptors (Lipinski definition) is 4. The minimum absolute atomic E-state index is 0.176. The van der Waals surface area contributed by atoms with Gasteiger partial charge in [-0.3, -0.25) is 9.59 Å². The molecule has 0 bridgehead atoms. The molecule has 0 aliphatic heterocycles. The van der Waals surface area contributed by atoms with Crippen LogP contribution < -0.4 is 5.73 Å². The normalized spacial score (nSPS) is 10.2. The van der Waals surface area contributed by atoms with Crippen molar-refractivity contribution in [2.24, 2.45) is 5.73 Å². The summed E-state index contributed by atoms with van der Waals surface area (Å²) >= 11 is 32.4. The Morgan fingerprint density at radius 3 is 1.50 bits per heavy atom. The molecule has 0 aliphatic rings. The SMILES string of the molecule is NC(=O)c1c(Cl)nc(Cl)c(F)c1Br.O=C(Cl)c1c(Cl)nc(Cl)c(F)c1Br. The molecule has 0 fully saturated rings. The second-order valence-corrected chi connectivity index (χ2v) is 7.39. The van der Waals surface area contributed by atoms with Crippen molar-refractivity contribution in [3.8, 4) is 0 Å². The minimum atomic E-state index is -0.903. The molecule has 1 amide bonds. The number of nitrogens with two attached hydrogens (primary N) is 1. The van der Waals surface area contributed by atoms with E-state index in [-0.39, 0.29) is 30.4 Å². The molecule has 0 atom stereocenters. The quantitative estimate of drug-likeness (QED) is 0.338. The van der Waals surface area contributed by atoms with Gasteiger partial charge in [-0.05, 0) is 43.5 Å². The van der Waals surface area contributed by atoms with Gasteiger partial charge < -0.3 is 5.73 Å². The van der Waals surface area contributed by atoms with E-state index in [4.69, 9.17) is 63.7 Å². The van der Waals surface area contributed by atoms with Gasteiger partial charge in [0.1, 0.15) is 10.3 Å². The van der Waals surface area contributed by atoms with Crippen LogP contribution in [0.4, 0.5) is 8.78 Å². The third-order valence-corrected chi connectivity index (χ3v) is 5.16. The number of pyridine rings is 2. The summed E-state index contributed by atoms with van der Waals surface area (Å²) in [5, 5.41) is -2.20. The van der Waals surface area contributed by atoms with Crippen LogP contribution in [0.3, 0.4) is 0 Å². The first-order valence-corrected chi connectivity index (χ1v) is 9.27. The second-order valence-electron chi connectivity index (χ2n) is 4.03. The molecule has 14 heteroatoms. The predicted octanol–water partition coefficient (Wildman–Crippen LogP) is 6.06. The van der Waals surface area contributed by atoms with Crippen molar-refractivity contribution in [2.45, 2.75) is 0 Å². The Hall–Kier alpha value is -0.290. The summed E-state index contributed by atoms with van der Waals surface area (Å²) in [4.78, 5) is 28.3. The van der Waals surface area contributed by atoms with Gasteiger partial charge >= 0.3 is 0 Å². The molecule has 0 radical (unpaired) electrons.